The van der Waals surface area contributed by atoms with Gasteiger partial charge >= 0.3 is 0 Å². The van der Waals surface area contributed by atoms with Crippen LogP contribution in [0.4, 0.5) is 5.69 Å². The number of benzene rings is 2. The van der Waals surface area contributed by atoms with Gasteiger partial charge in [-0.3, -0.25) is 14.9 Å². The fourth-order valence-electron chi connectivity index (χ4n) is 1.60. The molecule has 8 heteroatoms. The number of nitro benzene ring substituents is 1. The molecule has 2 aromatic rings. The van der Waals surface area contributed by atoms with Crippen LogP contribution in [-0.2, 0) is 4.79 Å². The van der Waals surface area contributed by atoms with E-state index in [-0.39, 0.29) is 12.3 Å². The molecule has 0 atom stereocenters. The molecule has 0 radical (unpaired) electrons. The predicted octanol–water partition coefficient (Wildman–Crippen LogP) is 2.78. The van der Waals surface area contributed by atoms with Gasteiger partial charge in [-0.25, -0.2) is 5.43 Å². The molecule has 1 amide bonds. The Morgan fingerprint density at radius 2 is 1.96 bits per heavy atom. The SMILES string of the molecule is O=C(COc1ccc([N+](=O)[O-])cc1)N/N=C\c1ccccc1Cl. The van der Waals surface area contributed by atoms with Crippen LogP contribution in [0.2, 0.25) is 5.02 Å². The van der Waals surface area contributed by atoms with E-state index in [1.165, 1.54) is 30.5 Å². The molecular weight excluding hydrogens is 322 g/mol. The van der Waals surface area contributed by atoms with Crippen LogP contribution in [0.1, 0.15) is 5.56 Å². The van der Waals surface area contributed by atoms with Gasteiger partial charge in [0.1, 0.15) is 5.75 Å². The van der Waals surface area contributed by atoms with Crippen LogP contribution < -0.4 is 10.2 Å². The lowest BCUT2D eigenvalue weighted by Gasteiger charge is -2.04. The van der Waals surface area contributed by atoms with Crippen LogP contribution in [0.15, 0.2) is 53.6 Å². The summed E-state index contributed by atoms with van der Waals surface area (Å²) in [5.74, 6) is -0.118. The third kappa shape index (κ3) is 5.08. The quantitative estimate of drug-likeness (QED) is 0.499. The Balaban J connectivity index is 1.81. The standard InChI is InChI=1S/C15H12ClN3O4/c16-14-4-2-1-3-11(14)9-17-18-15(20)10-23-13-7-5-12(6-8-13)19(21)22/h1-9H,10H2,(H,18,20)/b17-9-. The maximum Gasteiger partial charge on any atom is 0.277 e. The summed E-state index contributed by atoms with van der Waals surface area (Å²) in [5, 5.41) is 14.8. The molecule has 0 unspecified atom stereocenters. The van der Waals surface area contributed by atoms with E-state index >= 15 is 0 Å². The molecule has 1 N–H and O–H groups in total. The molecule has 2 rings (SSSR count). The van der Waals surface area contributed by atoms with Gasteiger partial charge in [0.05, 0.1) is 11.1 Å². The summed E-state index contributed by atoms with van der Waals surface area (Å²) < 4.78 is 5.19. The van der Waals surface area contributed by atoms with Crippen molar-refractivity contribution in [3.63, 3.8) is 0 Å². The first-order valence-electron chi connectivity index (χ1n) is 6.50. The van der Waals surface area contributed by atoms with E-state index in [2.05, 4.69) is 10.5 Å². The number of hydrogen-bond donors (Lipinski definition) is 1. The number of halogens is 1. The molecular formula is C15H12ClN3O4. The van der Waals surface area contributed by atoms with Crippen molar-refractivity contribution >= 4 is 29.4 Å². The summed E-state index contributed by atoms with van der Waals surface area (Å²) in [5.41, 5.74) is 2.92. The number of nitrogens with one attached hydrogen (secondary N) is 1. The molecule has 0 saturated carbocycles. The maximum atomic E-state index is 11.6. The van der Waals surface area contributed by atoms with Crippen LogP contribution >= 0.6 is 11.6 Å². The van der Waals surface area contributed by atoms with Crippen molar-refractivity contribution in [2.45, 2.75) is 0 Å². The second-order valence-corrected chi connectivity index (χ2v) is 4.76. The highest BCUT2D eigenvalue weighted by Gasteiger charge is 2.06. The molecule has 0 aliphatic heterocycles. The van der Waals surface area contributed by atoms with E-state index in [0.717, 1.165) is 0 Å². The van der Waals surface area contributed by atoms with Crippen molar-refractivity contribution in [1.29, 1.82) is 0 Å². The average molecular weight is 334 g/mol. The van der Waals surface area contributed by atoms with E-state index < -0.39 is 10.8 Å². The van der Waals surface area contributed by atoms with Gasteiger partial charge in [0.15, 0.2) is 6.61 Å². The van der Waals surface area contributed by atoms with Crippen molar-refractivity contribution < 1.29 is 14.5 Å². The first-order valence-corrected chi connectivity index (χ1v) is 6.88. The third-order valence-electron chi connectivity index (χ3n) is 2.72. The minimum Gasteiger partial charge on any atom is -0.484 e. The molecule has 0 spiro atoms. The zero-order valence-electron chi connectivity index (χ0n) is 11.8. The Kier molecular flexibility index (Phi) is 5.65. The van der Waals surface area contributed by atoms with Crippen molar-refractivity contribution in [2.75, 3.05) is 6.61 Å². The first-order chi connectivity index (χ1) is 11.1. The molecule has 2 aromatic carbocycles. The van der Waals surface area contributed by atoms with Crippen molar-refractivity contribution in [3.8, 4) is 5.75 Å². The Bertz CT molecular complexity index is 732. The highest BCUT2D eigenvalue weighted by Crippen LogP contribution is 2.17. The number of non-ortho nitro benzene ring substituents is 1. The van der Waals surface area contributed by atoms with Gasteiger partial charge in [0.25, 0.3) is 11.6 Å². The lowest BCUT2D eigenvalue weighted by atomic mass is 10.2. The largest absolute Gasteiger partial charge is 0.484 e. The molecule has 0 heterocycles. The van der Waals surface area contributed by atoms with Crippen LogP contribution in [0.25, 0.3) is 0 Å². The zero-order valence-corrected chi connectivity index (χ0v) is 12.6. The van der Waals surface area contributed by atoms with Crippen LogP contribution in [0.3, 0.4) is 0 Å². The van der Waals surface area contributed by atoms with Crippen molar-refractivity contribution in [1.82, 2.24) is 5.43 Å². The van der Waals surface area contributed by atoms with Gasteiger partial charge in [0, 0.05) is 22.7 Å². The van der Waals surface area contributed by atoms with E-state index in [1.54, 1.807) is 24.3 Å². The number of nitro groups is 1. The van der Waals surface area contributed by atoms with Gasteiger partial charge in [-0.15, -0.1) is 0 Å². The average Bonchev–Trinajstić information content (AvgIpc) is 2.55. The number of amides is 1. The van der Waals surface area contributed by atoms with Gasteiger partial charge in [-0.1, -0.05) is 29.8 Å². The molecule has 0 fully saturated rings. The molecule has 0 saturated heterocycles. The molecule has 0 bridgehead atoms. The lowest BCUT2D eigenvalue weighted by molar-refractivity contribution is -0.384. The number of nitrogens with zero attached hydrogens (tertiary/aromatic N) is 2. The molecule has 7 nitrogen and oxygen atoms in total. The maximum absolute atomic E-state index is 11.6. The third-order valence-corrected chi connectivity index (χ3v) is 3.06. The number of hydrogen-bond acceptors (Lipinski definition) is 5. The zero-order chi connectivity index (χ0) is 16.7. The van der Waals surface area contributed by atoms with Crippen LogP contribution in [0.5, 0.6) is 5.75 Å². The normalized spacial score (nSPS) is 10.5. The van der Waals surface area contributed by atoms with Crippen LogP contribution in [-0.4, -0.2) is 23.7 Å². The Labute approximate surface area is 136 Å². The number of ether oxygens (including phenoxy) is 1. The van der Waals surface area contributed by atoms with Crippen molar-refractivity contribution in [3.05, 3.63) is 69.2 Å². The van der Waals surface area contributed by atoms with Gasteiger partial charge in [-0.05, 0) is 18.2 Å². The highest BCUT2D eigenvalue weighted by molar-refractivity contribution is 6.33. The Morgan fingerprint density at radius 3 is 2.61 bits per heavy atom. The van der Waals surface area contributed by atoms with E-state index in [9.17, 15) is 14.9 Å². The molecule has 0 aliphatic rings. The monoisotopic (exact) mass is 333 g/mol. The van der Waals surface area contributed by atoms with E-state index in [0.29, 0.717) is 16.3 Å². The Hall–Kier alpha value is -2.93. The number of carbonyl (C=O) groups is 1. The summed E-state index contributed by atoms with van der Waals surface area (Å²) in [7, 11) is 0. The fourth-order valence-corrected chi connectivity index (χ4v) is 1.78. The summed E-state index contributed by atoms with van der Waals surface area (Å²) >= 11 is 5.94. The highest BCUT2D eigenvalue weighted by atomic mass is 35.5. The van der Waals surface area contributed by atoms with Gasteiger partial charge in [-0.2, -0.15) is 5.10 Å². The topological polar surface area (TPSA) is 93.8 Å². The van der Waals surface area contributed by atoms with Crippen molar-refractivity contribution in [2.24, 2.45) is 5.10 Å². The smallest absolute Gasteiger partial charge is 0.277 e. The van der Waals surface area contributed by atoms with Gasteiger partial charge < -0.3 is 4.74 Å². The second-order valence-electron chi connectivity index (χ2n) is 4.35. The molecule has 118 valence electrons. The minimum atomic E-state index is -0.514. The van der Waals surface area contributed by atoms with Gasteiger partial charge in [0.2, 0.25) is 0 Å². The summed E-state index contributed by atoms with van der Waals surface area (Å²) in [6, 6.07) is 12.5. The predicted molar refractivity (Wildman–Crippen MR) is 85.8 cm³/mol. The van der Waals surface area contributed by atoms with E-state index in [1.807, 2.05) is 0 Å². The number of hydrazone groups is 1. The summed E-state index contributed by atoms with van der Waals surface area (Å²) in [6.45, 7) is -0.266. The molecule has 0 aromatic heterocycles. The summed E-state index contributed by atoms with van der Waals surface area (Å²) in [6.07, 6.45) is 1.42. The first kappa shape index (κ1) is 16.4. The number of carbonyl (C=O) groups excluding carboxylic acids is 1. The van der Waals surface area contributed by atoms with E-state index in [4.69, 9.17) is 16.3 Å². The molecule has 0 aliphatic carbocycles. The second kappa shape index (κ2) is 7.90. The van der Waals surface area contributed by atoms with Crippen LogP contribution in [0, 0.1) is 10.1 Å². The minimum absolute atomic E-state index is 0.0499. The lowest BCUT2D eigenvalue weighted by Crippen LogP contribution is -2.24. The number of rotatable bonds is 6. The Morgan fingerprint density at radius 1 is 1.26 bits per heavy atom. The molecule has 23 heavy (non-hydrogen) atoms. The fraction of sp³-hybridized carbons (Fsp3) is 0.0667. The summed E-state index contributed by atoms with van der Waals surface area (Å²) in [4.78, 5) is 21.6.